The van der Waals surface area contributed by atoms with Gasteiger partial charge in [0.25, 0.3) is 0 Å². The van der Waals surface area contributed by atoms with Crippen LogP contribution >= 0.6 is 0 Å². The van der Waals surface area contributed by atoms with Gasteiger partial charge in [0.2, 0.25) is 0 Å². The van der Waals surface area contributed by atoms with E-state index >= 15 is 0 Å². The molecule has 3 heterocycles. The number of fused-ring (bicyclic) bond motifs is 1. The molecule has 1 N–H and O–H groups in total. The Bertz CT molecular complexity index is 521. The number of aromatic nitrogens is 2. The predicted molar refractivity (Wildman–Crippen MR) is 64.9 cm³/mol. The molecule has 1 saturated heterocycles. The molecule has 1 aliphatic heterocycles. The van der Waals surface area contributed by atoms with Crippen LogP contribution in [0.3, 0.4) is 0 Å². The minimum Gasteiger partial charge on any atom is -0.316 e. The summed E-state index contributed by atoms with van der Waals surface area (Å²) in [5.41, 5.74) is 3.83. The van der Waals surface area contributed by atoms with Gasteiger partial charge >= 0.3 is 0 Å². The Morgan fingerprint density at radius 2 is 2.31 bits per heavy atom. The van der Waals surface area contributed by atoms with Gasteiger partial charge in [-0.25, -0.2) is 4.98 Å². The number of imidazole rings is 1. The van der Waals surface area contributed by atoms with Crippen molar-refractivity contribution < 1.29 is 0 Å². The third-order valence-corrected chi connectivity index (χ3v) is 3.56. The molecule has 0 bridgehead atoms. The van der Waals surface area contributed by atoms with Crippen LogP contribution < -0.4 is 5.32 Å². The van der Waals surface area contributed by atoms with Crippen molar-refractivity contribution in [3.63, 3.8) is 0 Å². The quantitative estimate of drug-likeness (QED) is 0.788. The topological polar surface area (TPSA) is 29.3 Å². The van der Waals surface area contributed by atoms with Crippen LogP contribution in [-0.4, -0.2) is 22.5 Å². The monoisotopic (exact) mass is 215 g/mol. The molecule has 3 heteroatoms. The Balaban J connectivity index is 2.11. The molecule has 0 spiro atoms. The van der Waals surface area contributed by atoms with Crippen LogP contribution in [0.15, 0.2) is 18.3 Å². The van der Waals surface area contributed by atoms with Crippen molar-refractivity contribution >= 4 is 5.52 Å². The Morgan fingerprint density at radius 3 is 3.06 bits per heavy atom. The van der Waals surface area contributed by atoms with Crippen LogP contribution in [0.25, 0.3) is 5.52 Å². The summed E-state index contributed by atoms with van der Waals surface area (Å²) in [7, 11) is 0. The van der Waals surface area contributed by atoms with Gasteiger partial charge in [0.1, 0.15) is 5.82 Å². The molecule has 84 valence electrons. The minimum atomic E-state index is 0.680. The van der Waals surface area contributed by atoms with E-state index in [1.165, 1.54) is 17.5 Å². The number of aryl methyl sites for hydroxylation is 2. The Morgan fingerprint density at radius 1 is 1.44 bits per heavy atom. The summed E-state index contributed by atoms with van der Waals surface area (Å²) in [5.74, 6) is 1.75. The molecule has 0 amide bonds. The third-order valence-electron chi connectivity index (χ3n) is 3.56. The Hall–Kier alpha value is -1.35. The maximum Gasteiger partial charge on any atom is 0.110 e. The fraction of sp³-hybridized carbons (Fsp3) is 0.462. The van der Waals surface area contributed by atoms with Crippen molar-refractivity contribution in [3.8, 4) is 0 Å². The minimum absolute atomic E-state index is 0.680. The van der Waals surface area contributed by atoms with Crippen molar-refractivity contribution in [2.75, 3.05) is 13.1 Å². The second kappa shape index (κ2) is 3.59. The molecule has 1 unspecified atom stereocenters. The number of nitrogens with one attached hydrogen (secondary N) is 1. The van der Waals surface area contributed by atoms with Gasteiger partial charge in [0.05, 0.1) is 11.2 Å². The Labute approximate surface area is 95.5 Å². The van der Waals surface area contributed by atoms with Crippen molar-refractivity contribution in [1.82, 2.24) is 14.7 Å². The molecule has 1 atom stereocenters. The maximum absolute atomic E-state index is 4.51. The second-order valence-corrected chi connectivity index (χ2v) is 4.65. The average Bonchev–Trinajstić information content (AvgIpc) is 2.88. The summed E-state index contributed by atoms with van der Waals surface area (Å²) < 4.78 is 2.17. The van der Waals surface area contributed by atoms with E-state index in [0.717, 1.165) is 24.6 Å². The summed E-state index contributed by atoms with van der Waals surface area (Å²) in [5, 5.41) is 3.42. The van der Waals surface area contributed by atoms with Gasteiger partial charge in [-0.1, -0.05) is 0 Å². The van der Waals surface area contributed by atoms with E-state index in [1.807, 2.05) is 0 Å². The lowest BCUT2D eigenvalue weighted by Gasteiger charge is -2.09. The third kappa shape index (κ3) is 1.43. The highest BCUT2D eigenvalue weighted by Gasteiger charge is 2.17. The molecule has 0 saturated carbocycles. The molecular weight excluding hydrogens is 198 g/mol. The van der Waals surface area contributed by atoms with Crippen molar-refractivity contribution in [3.05, 3.63) is 35.4 Å². The standard InChI is InChI=1S/C13H17N3/c1-9-13-7-11(12-3-5-14-8-12)4-6-16(13)10(2)15-9/h4,6-7,12,14H,3,5,8H2,1-2H3. The number of rotatable bonds is 1. The van der Waals surface area contributed by atoms with E-state index < -0.39 is 0 Å². The van der Waals surface area contributed by atoms with E-state index in [1.54, 1.807) is 0 Å². The highest BCUT2D eigenvalue weighted by molar-refractivity contribution is 5.55. The summed E-state index contributed by atoms with van der Waals surface area (Å²) in [6.07, 6.45) is 3.40. The molecule has 2 aromatic rings. The first-order valence-electron chi connectivity index (χ1n) is 5.91. The van der Waals surface area contributed by atoms with E-state index in [4.69, 9.17) is 0 Å². The van der Waals surface area contributed by atoms with E-state index in [9.17, 15) is 0 Å². The van der Waals surface area contributed by atoms with Gasteiger partial charge in [0.15, 0.2) is 0 Å². The number of nitrogens with zero attached hydrogens (tertiary/aromatic N) is 2. The van der Waals surface area contributed by atoms with Crippen LogP contribution in [0.1, 0.15) is 29.4 Å². The maximum atomic E-state index is 4.51. The van der Waals surface area contributed by atoms with Gasteiger partial charge in [-0.2, -0.15) is 0 Å². The lowest BCUT2D eigenvalue weighted by molar-refractivity contribution is 0.762. The molecule has 0 radical (unpaired) electrons. The van der Waals surface area contributed by atoms with Crippen molar-refractivity contribution in [1.29, 1.82) is 0 Å². The zero-order chi connectivity index (χ0) is 11.1. The first kappa shape index (κ1) is 9.85. The fourth-order valence-corrected chi connectivity index (χ4v) is 2.62. The lowest BCUT2D eigenvalue weighted by Crippen LogP contribution is -2.08. The van der Waals surface area contributed by atoms with Crippen LogP contribution in [0, 0.1) is 13.8 Å². The van der Waals surface area contributed by atoms with Gasteiger partial charge in [-0.15, -0.1) is 0 Å². The largest absolute Gasteiger partial charge is 0.316 e. The fourth-order valence-electron chi connectivity index (χ4n) is 2.62. The number of hydrogen-bond donors (Lipinski definition) is 1. The summed E-state index contributed by atoms with van der Waals surface area (Å²) >= 11 is 0. The smallest absolute Gasteiger partial charge is 0.110 e. The van der Waals surface area contributed by atoms with Crippen molar-refractivity contribution in [2.24, 2.45) is 0 Å². The second-order valence-electron chi connectivity index (χ2n) is 4.65. The lowest BCUT2D eigenvalue weighted by atomic mass is 9.99. The van der Waals surface area contributed by atoms with Gasteiger partial charge in [-0.05, 0) is 50.4 Å². The first-order chi connectivity index (χ1) is 7.75. The zero-order valence-electron chi connectivity index (χ0n) is 9.83. The van der Waals surface area contributed by atoms with Gasteiger partial charge < -0.3 is 9.72 Å². The number of hydrogen-bond acceptors (Lipinski definition) is 2. The van der Waals surface area contributed by atoms with Gasteiger partial charge in [-0.3, -0.25) is 0 Å². The van der Waals surface area contributed by atoms with Crippen molar-refractivity contribution in [2.45, 2.75) is 26.2 Å². The van der Waals surface area contributed by atoms with Crippen LogP contribution in [0.4, 0.5) is 0 Å². The number of pyridine rings is 1. The highest BCUT2D eigenvalue weighted by atomic mass is 15.0. The SMILES string of the molecule is Cc1nc(C)n2ccc(C3CCNC3)cc12. The molecule has 0 aliphatic carbocycles. The molecule has 16 heavy (non-hydrogen) atoms. The summed E-state index contributed by atoms with van der Waals surface area (Å²) in [6.45, 7) is 6.39. The van der Waals surface area contributed by atoms with Crippen LogP contribution in [0.5, 0.6) is 0 Å². The highest BCUT2D eigenvalue weighted by Crippen LogP contribution is 2.24. The average molecular weight is 215 g/mol. The van der Waals surface area contributed by atoms with E-state index in [0.29, 0.717) is 5.92 Å². The molecule has 2 aromatic heterocycles. The molecule has 1 aliphatic rings. The summed E-state index contributed by atoms with van der Waals surface area (Å²) in [4.78, 5) is 4.51. The molecular formula is C13H17N3. The summed E-state index contributed by atoms with van der Waals surface area (Å²) in [6, 6.07) is 4.53. The van der Waals surface area contributed by atoms with E-state index in [2.05, 4.69) is 46.9 Å². The van der Waals surface area contributed by atoms with E-state index in [-0.39, 0.29) is 0 Å². The molecule has 3 nitrogen and oxygen atoms in total. The first-order valence-corrected chi connectivity index (χ1v) is 5.91. The Kier molecular flexibility index (Phi) is 2.21. The molecule has 1 fully saturated rings. The zero-order valence-corrected chi connectivity index (χ0v) is 9.83. The van der Waals surface area contributed by atoms with Crippen LogP contribution in [-0.2, 0) is 0 Å². The van der Waals surface area contributed by atoms with Gasteiger partial charge in [0, 0.05) is 12.7 Å². The normalized spacial score (nSPS) is 20.8. The molecule has 0 aromatic carbocycles. The molecule has 3 rings (SSSR count). The predicted octanol–water partition coefficient (Wildman–Crippen LogP) is 2.03. The van der Waals surface area contributed by atoms with Crippen LogP contribution in [0.2, 0.25) is 0 Å².